The van der Waals surface area contributed by atoms with E-state index >= 15 is 0 Å². The van der Waals surface area contributed by atoms with Crippen molar-refractivity contribution >= 4 is 12.2 Å². The summed E-state index contributed by atoms with van der Waals surface area (Å²) in [4.78, 5) is 26.7. The first kappa shape index (κ1) is 15.6. The summed E-state index contributed by atoms with van der Waals surface area (Å²) in [5, 5.41) is 0. The fourth-order valence-corrected chi connectivity index (χ4v) is 2.55. The number of carbonyl (C=O) groups excluding carboxylic acids is 2. The number of rotatable bonds is 4. The molecule has 0 aromatic rings. The predicted molar refractivity (Wildman–Crippen MR) is 71.0 cm³/mol. The maximum absolute atomic E-state index is 11.8. The highest BCUT2D eigenvalue weighted by Crippen LogP contribution is 2.28. The maximum Gasteiger partial charge on any atom is 0.409 e. The SMILES string of the molecule is CCOC(=O)N(C)[C@@H]1CCC[C@H]1N(C)C(=O)OCC. The van der Waals surface area contributed by atoms with Crippen molar-refractivity contribution in [1.82, 2.24) is 9.80 Å². The molecule has 0 bridgehead atoms. The lowest BCUT2D eigenvalue weighted by Crippen LogP contribution is -2.50. The number of nitrogens with zero attached hydrogens (tertiary/aromatic N) is 2. The van der Waals surface area contributed by atoms with E-state index in [0.29, 0.717) is 13.2 Å². The fourth-order valence-electron chi connectivity index (χ4n) is 2.55. The van der Waals surface area contributed by atoms with Crippen LogP contribution in [0.25, 0.3) is 0 Å². The largest absolute Gasteiger partial charge is 0.450 e. The first-order valence-electron chi connectivity index (χ1n) is 6.82. The minimum absolute atomic E-state index is 0.00606. The van der Waals surface area contributed by atoms with E-state index in [4.69, 9.17) is 9.47 Å². The van der Waals surface area contributed by atoms with Crippen LogP contribution in [0.5, 0.6) is 0 Å². The summed E-state index contributed by atoms with van der Waals surface area (Å²) >= 11 is 0. The molecule has 0 aliphatic heterocycles. The highest BCUT2D eigenvalue weighted by molar-refractivity contribution is 5.69. The quantitative estimate of drug-likeness (QED) is 0.786. The number of hydrogen-bond acceptors (Lipinski definition) is 4. The maximum atomic E-state index is 11.8. The van der Waals surface area contributed by atoms with E-state index < -0.39 is 0 Å². The Morgan fingerprint density at radius 1 is 0.947 bits per heavy atom. The molecule has 6 nitrogen and oxygen atoms in total. The number of carbonyl (C=O) groups is 2. The monoisotopic (exact) mass is 272 g/mol. The zero-order valence-corrected chi connectivity index (χ0v) is 12.2. The van der Waals surface area contributed by atoms with E-state index in [1.54, 1.807) is 37.7 Å². The van der Waals surface area contributed by atoms with Gasteiger partial charge < -0.3 is 19.3 Å². The third-order valence-corrected chi connectivity index (χ3v) is 3.55. The molecule has 1 aliphatic carbocycles. The van der Waals surface area contributed by atoms with Gasteiger partial charge >= 0.3 is 12.2 Å². The van der Waals surface area contributed by atoms with Gasteiger partial charge in [-0.15, -0.1) is 0 Å². The average Bonchev–Trinajstić information content (AvgIpc) is 2.86. The Balaban J connectivity index is 2.67. The molecule has 0 spiro atoms. The Bertz CT molecular complexity index is 292. The molecule has 19 heavy (non-hydrogen) atoms. The Hall–Kier alpha value is -1.46. The first-order chi connectivity index (χ1) is 9.02. The van der Waals surface area contributed by atoms with Gasteiger partial charge in [-0.2, -0.15) is 0 Å². The number of amides is 2. The second-order valence-electron chi connectivity index (χ2n) is 4.69. The van der Waals surface area contributed by atoms with Gasteiger partial charge in [-0.05, 0) is 33.1 Å². The van der Waals surface area contributed by atoms with Crippen molar-refractivity contribution in [2.45, 2.75) is 45.2 Å². The third kappa shape index (κ3) is 3.75. The van der Waals surface area contributed by atoms with Crippen LogP contribution in [0.2, 0.25) is 0 Å². The Kier molecular flexibility index (Phi) is 5.92. The van der Waals surface area contributed by atoms with Gasteiger partial charge in [-0.3, -0.25) is 0 Å². The molecule has 0 unspecified atom stereocenters. The molecule has 1 aliphatic rings. The second kappa shape index (κ2) is 7.21. The highest BCUT2D eigenvalue weighted by Gasteiger charge is 2.37. The predicted octanol–water partition coefficient (Wildman–Crippen LogP) is 2.08. The van der Waals surface area contributed by atoms with E-state index in [1.165, 1.54) is 0 Å². The molecule has 0 saturated heterocycles. The zero-order chi connectivity index (χ0) is 14.4. The minimum Gasteiger partial charge on any atom is -0.450 e. The smallest absolute Gasteiger partial charge is 0.409 e. The van der Waals surface area contributed by atoms with E-state index in [-0.39, 0.29) is 24.3 Å². The van der Waals surface area contributed by atoms with Crippen molar-refractivity contribution in [2.75, 3.05) is 27.3 Å². The van der Waals surface area contributed by atoms with Gasteiger partial charge in [0.15, 0.2) is 0 Å². The van der Waals surface area contributed by atoms with Crippen molar-refractivity contribution in [3.05, 3.63) is 0 Å². The lowest BCUT2D eigenvalue weighted by Gasteiger charge is -2.33. The van der Waals surface area contributed by atoms with Crippen LogP contribution in [-0.4, -0.2) is 61.4 Å². The van der Waals surface area contributed by atoms with Crippen LogP contribution in [0.15, 0.2) is 0 Å². The van der Waals surface area contributed by atoms with Crippen LogP contribution in [-0.2, 0) is 9.47 Å². The van der Waals surface area contributed by atoms with E-state index in [2.05, 4.69) is 0 Å². The number of hydrogen-bond donors (Lipinski definition) is 0. The number of likely N-dealkylation sites (N-methyl/N-ethyl adjacent to an activating group) is 2. The average molecular weight is 272 g/mol. The molecule has 1 rings (SSSR count). The first-order valence-corrected chi connectivity index (χ1v) is 6.82. The van der Waals surface area contributed by atoms with Crippen molar-refractivity contribution in [3.63, 3.8) is 0 Å². The molecule has 0 heterocycles. The van der Waals surface area contributed by atoms with Crippen molar-refractivity contribution in [1.29, 1.82) is 0 Å². The minimum atomic E-state index is -0.336. The van der Waals surface area contributed by atoms with Crippen LogP contribution in [0.1, 0.15) is 33.1 Å². The summed E-state index contributed by atoms with van der Waals surface area (Å²) in [5.41, 5.74) is 0. The van der Waals surface area contributed by atoms with Crippen molar-refractivity contribution in [3.8, 4) is 0 Å². The molecular weight excluding hydrogens is 248 g/mol. The molecule has 0 radical (unpaired) electrons. The van der Waals surface area contributed by atoms with Crippen molar-refractivity contribution in [2.24, 2.45) is 0 Å². The topological polar surface area (TPSA) is 59.1 Å². The number of ether oxygens (including phenoxy) is 2. The van der Waals surface area contributed by atoms with Gasteiger partial charge in [0.2, 0.25) is 0 Å². The Labute approximate surface area is 114 Å². The molecule has 0 N–H and O–H groups in total. The fraction of sp³-hybridized carbons (Fsp3) is 0.846. The van der Waals surface area contributed by atoms with Gasteiger partial charge in [0.25, 0.3) is 0 Å². The Morgan fingerprint density at radius 3 is 1.63 bits per heavy atom. The lowest BCUT2D eigenvalue weighted by atomic mass is 10.1. The summed E-state index contributed by atoms with van der Waals surface area (Å²) < 4.78 is 10.0. The summed E-state index contributed by atoms with van der Waals surface area (Å²) in [6.07, 6.45) is 2.07. The summed E-state index contributed by atoms with van der Waals surface area (Å²) in [6.45, 7) is 4.27. The third-order valence-electron chi connectivity index (χ3n) is 3.55. The second-order valence-corrected chi connectivity index (χ2v) is 4.69. The van der Waals surface area contributed by atoms with E-state index in [1.807, 2.05) is 0 Å². The molecule has 2 atom stereocenters. The van der Waals surface area contributed by atoms with Crippen LogP contribution in [0, 0.1) is 0 Å². The summed E-state index contributed by atoms with van der Waals surface area (Å²) in [5.74, 6) is 0. The standard InChI is InChI=1S/C13H24N2O4/c1-5-18-12(16)14(3)10-8-7-9-11(10)15(4)13(17)19-6-2/h10-11H,5-9H2,1-4H3/t10-,11-/m1/s1. The highest BCUT2D eigenvalue weighted by atomic mass is 16.6. The van der Waals surface area contributed by atoms with Gasteiger partial charge in [0.1, 0.15) is 0 Å². The van der Waals surface area contributed by atoms with E-state index in [0.717, 1.165) is 19.3 Å². The van der Waals surface area contributed by atoms with Crippen LogP contribution in [0.3, 0.4) is 0 Å². The molecule has 6 heteroatoms. The van der Waals surface area contributed by atoms with Crippen LogP contribution in [0.4, 0.5) is 9.59 Å². The summed E-state index contributed by atoms with van der Waals surface area (Å²) in [7, 11) is 3.44. The van der Waals surface area contributed by atoms with Gasteiger partial charge in [-0.25, -0.2) is 9.59 Å². The van der Waals surface area contributed by atoms with Gasteiger partial charge in [0, 0.05) is 14.1 Å². The molecule has 110 valence electrons. The molecule has 2 amide bonds. The molecule has 1 fully saturated rings. The molecular formula is C13H24N2O4. The normalized spacial score (nSPS) is 21.9. The molecule has 0 aromatic carbocycles. The zero-order valence-electron chi connectivity index (χ0n) is 12.2. The van der Waals surface area contributed by atoms with Gasteiger partial charge in [-0.1, -0.05) is 0 Å². The van der Waals surface area contributed by atoms with E-state index in [9.17, 15) is 9.59 Å². The van der Waals surface area contributed by atoms with Crippen molar-refractivity contribution < 1.29 is 19.1 Å². The molecule has 0 aromatic heterocycles. The van der Waals surface area contributed by atoms with Gasteiger partial charge in [0.05, 0.1) is 25.3 Å². The molecule has 1 saturated carbocycles. The van der Waals surface area contributed by atoms with Crippen LogP contribution >= 0.6 is 0 Å². The summed E-state index contributed by atoms with van der Waals surface area (Å²) in [6, 6.07) is -0.0121. The lowest BCUT2D eigenvalue weighted by molar-refractivity contribution is 0.0674. The Morgan fingerprint density at radius 2 is 1.32 bits per heavy atom. The van der Waals surface area contributed by atoms with Crippen LogP contribution < -0.4 is 0 Å².